The van der Waals surface area contributed by atoms with Gasteiger partial charge in [0.15, 0.2) is 5.82 Å². The van der Waals surface area contributed by atoms with E-state index in [0.717, 1.165) is 5.56 Å². The summed E-state index contributed by atoms with van der Waals surface area (Å²) in [5.74, 6) is 1.65. The van der Waals surface area contributed by atoms with Gasteiger partial charge in [0.05, 0.1) is 6.54 Å². The summed E-state index contributed by atoms with van der Waals surface area (Å²) in [5.41, 5.74) is 1.10. The number of ether oxygens (including phenoxy) is 1. The fourth-order valence-corrected chi connectivity index (χ4v) is 2.42. The first-order valence-electron chi connectivity index (χ1n) is 8.56. The summed E-state index contributed by atoms with van der Waals surface area (Å²) in [6.07, 6.45) is 1.27. The summed E-state index contributed by atoms with van der Waals surface area (Å²) in [7, 11) is 0. The number of nitrogens with one attached hydrogen (secondary N) is 3. The van der Waals surface area contributed by atoms with Crippen molar-refractivity contribution < 1.29 is 14.3 Å². The van der Waals surface area contributed by atoms with E-state index in [-0.39, 0.29) is 12.5 Å². The van der Waals surface area contributed by atoms with E-state index in [2.05, 4.69) is 31.1 Å². The first-order chi connectivity index (χ1) is 13.1. The molecule has 3 rings (SSSR count). The van der Waals surface area contributed by atoms with Crippen molar-refractivity contribution >= 4 is 29.5 Å². The third-order valence-corrected chi connectivity index (χ3v) is 3.77. The molecule has 3 heterocycles. The van der Waals surface area contributed by atoms with Crippen molar-refractivity contribution in [1.82, 2.24) is 25.4 Å². The third-order valence-electron chi connectivity index (χ3n) is 3.77. The van der Waals surface area contributed by atoms with Crippen LogP contribution in [0.4, 0.5) is 22.2 Å². The summed E-state index contributed by atoms with van der Waals surface area (Å²) < 4.78 is 4.77. The Balaban J connectivity index is 1.37. The van der Waals surface area contributed by atoms with Gasteiger partial charge in [-0.05, 0) is 36.8 Å². The van der Waals surface area contributed by atoms with Gasteiger partial charge in [0.2, 0.25) is 5.91 Å². The van der Waals surface area contributed by atoms with Gasteiger partial charge >= 0.3 is 6.09 Å². The van der Waals surface area contributed by atoms with E-state index in [9.17, 15) is 9.59 Å². The second-order valence-corrected chi connectivity index (χ2v) is 5.96. The van der Waals surface area contributed by atoms with Gasteiger partial charge in [0.25, 0.3) is 0 Å². The predicted molar refractivity (Wildman–Crippen MR) is 98.7 cm³/mol. The Kier molecular flexibility index (Phi) is 5.98. The molecular formula is C17H21N7O3. The Morgan fingerprint density at radius 3 is 2.70 bits per heavy atom. The summed E-state index contributed by atoms with van der Waals surface area (Å²) in [6, 6.07) is 7.40. The molecule has 0 saturated carbocycles. The molecule has 3 N–H and O–H groups in total. The van der Waals surface area contributed by atoms with Crippen LogP contribution >= 0.6 is 0 Å². The van der Waals surface area contributed by atoms with Gasteiger partial charge in [-0.2, -0.15) is 0 Å². The Morgan fingerprint density at radius 1 is 1.19 bits per heavy atom. The molecule has 0 unspecified atom stereocenters. The van der Waals surface area contributed by atoms with Crippen LogP contribution < -0.4 is 16.0 Å². The zero-order chi connectivity index (χ0) is 19.1. The molecule has 10 heteroatoms. The molecule has 0 aromatic carbocycles. The fourth-order valence-electron chi connectivity index (χ4n) is 2.42. The van der Waals surface area contributed by atoms with Crippen molar-refractivity contribution in [2.75, 3.05) is 43.4 Å². The highest BCUT2D eigenvalue weighted by molar-refractivity contribution is 5.82. The van der Waals surface area contributed by atoms with Crippen molar-refractivity contribution in [1.29, 1.82) is 0 Å². The van der Waals surface area contributed by atoms with Gasteiger partial charge in [-0.1, -0.05) is 0 Å². The first kappa shape index (κ1) is 18.4. The molecule has 0 aliphatic carbocycles. The van der Waals surface area contributed by atoms with Crippen molar-refractivity contribution in [2.45, 2.75) is 6.92 Å². The zero-order valence-electron chi connectivity index (χ0n) is 14.9. The lowest BCUT2D eigenvalue weighted by Gasteiger charge is -2.12. The molecule has 2 aromatic heterocycles. The number of carbonyl (C=O) groups excluding carboxylic acids is 2. The molecule has 0 bridgehead atoms. The largest absolute Gasteiger partial charge is 0.448 e. The quantitative estimate of drug-likeness (QED) is 0.585. The van der Waals surface area contributed by atoms with E-state index >= 15 is 0 Å². The second-order valence-electron chi connectivity index (χ2n) is 5.96. The van der Waals surface area contributed by atoms with Crippen molar-refractivity contribution in [3.05, 3.63) is 36.0 Å². The molecule has 1 aliphatic heterocycles. The minimum atomic E-state index is -0.451. The number of hydrogen-bond acceptors (Lipinski definition) is 8. The lowest BCUT2D eigenvalue weighted by molar-refractivity contribution is -0.121. The van der Waals surface area contributed by atoms with Gasteiger partial charge in [-0.15, -0.1) is 10.2 Å². The van der Waals surface area contributed by atoms with Crippen LogP contribution in [0.1, 0.15) is 5.56 Å². The van der Waals surface area contributed by atoms with E-state index in [4.69, 9.17) is 4.74 Å². The van der Waals surface area contributed by atoms with Gasteiger partial charge in [-0.3, -0.25) is 9.69 Å². The van der Waals surface area contributed by atoms with Crippen molar-refractivity contribution in [3.63, 3.8) is 0 Å². The summed E-state index contributed by atoms with van der Waals surface area (Å²) in [5, 5.41) is 17.0. The Hall–Kier alpha value is -3.43. The smallest absolute Gasteiger partial charge is 0.410 e. The van der Waals surface area contributed by atoms with Gasteiger partial charge in [0.1, 0.15) is 24.8 Å². The third kappa shape index (κ3) is 5.53. The SMILES string of the molecule is Cc1ccnc(Nc2ccc(NCCNC(=O)CN3CCOC3=O)nn2)c1. The molecule has 2 amide bonds. The number of rotatable bonds is 8. The Labute approximate surface area is 156 Å². The fraction of sp³-hybridized carbons (Fsp3) is 0.353. The molecule has 0 spiro atoms. The Morgan fingerprint density at radius 2 is 2.00 bits per heavy atom. The molecule has 1 saturated heterocycles. The van der Waals surface area contributed by atoms with Gasteiger partial charge in [-0.25, -0.2) is 9.78 Å². The Bertz CT molecular complexity index is 797. The van der Waals surface area contributed by atoms with E-state index in [0.29, 0.717) is 43.7 Å². The number of cyclic esters (lactones) is 1. The maximum Gasteiger partial charge on any atom is 0.410 e. The summed E-state index contributed by atoms with van der Waals surface area (Å²) in [6.45, 7) is 3.65. The molecule has 1 aliphatic rings. The number of aromatic nitrogens is 3. The maximum atomic E-state index is 11.8. The number of pyridine rings is 1. The maximum absolute atomic E-state index is 11.8. The monoisotopic (exact) mass is 371 g/mol. The molecule has 10 nitrogen and oxygen atoms in total. The number of aryl methyl sites for hydroxylation is 1. The van der Waals surface area contributed by atoms with E-state index in [1.54, 1.807) is 18.3 Å². The molecule has 0 radical (unpaired) electrons. The van der Waals surface area contributed by atoms with Crippen LogP contribution in [0.15, 0.2) is 30.5 Å². The van der Waals surface area contributed by atoms with Crippen molar-refractivity contribution in [2.24, 2.45) is 0 Å². The van der Waals surface area contributed by atoms with Gasteiger partial charge < -0.3 is 20.7 Å². The minimum Gasteiger partial charge on any atom is -0.448 e. The highest BCUT2D eigenvalue weighted by Gasteiger charge is 2.23. The van der Waals surface area contributed by atoms with Crippen molar-refractivity contribution in [3.8, 4) is 0 Å². The highest BCUT2D eigenvalue weighted by atomic mass is 16.6. The van der Waals surface area contributed by atoms with Crippen LogP contribution in [0.5, 0.6) is 0 Å². The topological polar surface area (TPSA) is 121 Å². The van der Waals surface area contributed by atoms with Crippen LogP contribution in [0.3, 0.4) is 0 Å². The normalized spacial score (nSPS) is 13.2. The lowest BCUT2D eigenvalue weighted by Crippen LogP contribution is -2.39. The second kappa shape index (κ2) is 8.79. The van der Waals surface area contributed by atoms with Crippen LogP contribution in [-0.4, -0.2) is 64.9 Å². The average Bonchev–Trinajstić information content (AvgIpc) is 3.05. The number of nitrogens with zero attached hydrogens (tertiary/aromatic N) is 4. The number of anilines is 3. The number of carbonyl (C=O) groups is 2. The summed E-state index contributed by atoms with van der Waals surface area (Å²) in [4.78, 5) is 28.6. The van der Waals surface area contributed by atoms with E-state index in [1.807, 2.05) is 19.1 Å². The molecule has 1 fully saturated rings. The zero-order valence-corrected chi connectivity index (χ0v) is 14.9. The van der Waals surface area contributed by atoms with Crippen LogP contribution in [-0.2, 0) is 9.53 Å². The minimum absolute atomic E-state index is 0.00595. The standard InChI is InChI=1S/C17H21N7O3/c1-12-4-5-18-15(10-12)21-14-3-2-13(22-23-14)19-6-7-20-16(25)11-24-8-9-27-17(24)26/h2-5,10H,6-9,11H2,1H3,(H,19,22)(H,20,25)(H,18,21,23). The predicted octanol–water partition coefficient (Wildman–Crippen LogP) is 0.904. The van der Waals surface area contributed by atoms with Crippen LogP contribution in [0.2, 0.25) is 0 Å². The average molecular weight is 371 g/mol. The molecular weight excluding hydrogens is 350 g/mol. The number of amides is 2. The molecule has 27 heavy (non-hydrogen) atoms. The highest BCUT2D eigenvalue weighted by Crippen LogP contribution is 2.13. The van der Waals surface area contributed by atoms with Crippen LogP contribution in [0, 0.1) is 6.92 Å². The van der Waals surface area contributed by atoms with E-state index < -0.39 is 6.09 Å². The van der Waals surface area contributed by atoms with E-state index in [1.165, 1.54) is 4.90 Å². The van der Waals surface area contributed by atoms with Gasteiger partial charge in [0, 0.05) is 19.3 Å². The summed E-state index contributed by atoms with van der Waals surface area (Å²) >= 11 is 0. The molecule has 142 valence electrons. The molecule has 0 atom stereocenters. The molecule has 2 aromatic rings. The number of hydrogen-bond donors (Lipinski definition) is 3. The lowest BCUT2D eigenvalue weighted by atomic mass is 10.3. The van der Waals surface area contributed by atoms with Crippen LogP contribution in [0.25, 0.3) is 0 Å². The first-order valence-corrected chi connectivity index (χ1v) is 8.56.